The summed E-state index contributed by atoms with van der Waals surface area (Å²) in [7, 11) is 2.77. The fourth-order valence-electron chi connectivity index (χ4n) is 2.92. The Labute approximate surface area is 155 Å². The largest absolute Gasteiger partial charge is 0.503 e. The van der Waals surface area contributed by atoms with Crippen molar-refractivity contribution in [1.82, 2.24) is 4.90 Å². The van der Waals surface area contributed by atoms with Gasteiger partial charge in [0, 0.05) is 7.05 Å². The number of furan rings is 1. The van der Waals surface area contributed by atoms with E-state index in [4.69, 9.17) is 4.42 Å². The van der Waals surface area contributed by atoms with Crippen molar-refractivity contribution in [3.63, 3.8) is 0 Å². The summed E-state index contributed by atoms with van der Waals surface area (Å²) in [5, 5.41) is 10.2. The van der Waals surface area contributed by atoms with Crippen LogP contribution in [0.2, 0.25) is 0 Å². The summed E-state index contributed by atoms with van der Waals surface area (Å²) < 4.78 is 9.79. The minimum atomic E-state index is -0.766. The summed E-state index contributed by atoms with van der Waals surface area (Å²) in [6.45, 7) is 0. The first-order valence-electron chi connectivity index (χ1n) is 8.08. The minimum absolute atomic E-state index is 0.0314. The third-order valence-corrected chi connectivity index (χ3v) is 4.29. The van der Waals surface area contributed by atoms with E-state index < -0.39 is 29.5 Å². The van der Waals surface area contributed by atoms with Crippen LogP contribution in [-0.2, 0) is 14.3 Å². The molecule has 1 aromatic heterocycles. The molecule has 0 saturated heterocycles. The van der Waals surface area contributed by atoms with Crippen LogP contribution < -0.4 is 0 Å². The lowest BCUT2D eigenvalue weighted by molar-refractivity contribution is -0.128. The second kappa shape index (κ2) is 7.33. The van der Waals surface area contributed by atoms with Gasteiger partial charge in [0.1, 0.15) is 5.76 Å². The Morgan fingerprint density at radius 2 is 1.93 bits per heavy atom. The predicted molar refractivity (Wildman–Crippen MR) is 95.7 cm³/mol. The molecular weight excluding hydrogens is 350 g/mol. The van der Waals surface area contributed by atoms with E-state index in [0.29, 0.717) is 16.9 Å². The van der Waals surface area contributed by atoms with Gasteiger partial charge < -0.3 is 19.2 Å². The molecule has 3 rings (SSSR count). The van der Waals surface area contributed by atoms with E-state index in [1.54, 1.807) is 24.3 Å². The van der Waals surface area contributed by atoms with Crippen molar-refractivity contribution < 1.29 is 28.6 Å². The van der Waals surface area contributed by atoms with E-state index in [0.717, 1.165) is 0 Å². The number of methoxy groups -OCH3 is 1. The third kappa shape index (κ3) is 3.39. The molecule has 1 aromatic carbocycles. The lowest BCUT2D eigenvalue weighted by Gasteiger charge is -2.22. The maximum atomic E-state index is 12.6. The lowest BCUT2D eigenvalue weighted by Crippen LogP contribution is -2.26. The van der Waals surface area contributed by atoms with Crippen LogP contribution in [0.15, 0.2) is 64.5 Å². The highest BCUT2D eigenvalue weighted by Crippen LogP contribution is 2.36. The van der Waals surface area contributed by atoms with Gasteiger partial charge >= 0.3 is 5.97 Å². The number of hydrogen-bond donors (Lipinski definition) is 1. The van der Waals surface area contributed by atoms with Gasteiger partial charge in [-0.1, -0.05) is 12.1 Å². The van der Waals surface area contributed by atoms with Crippen LogP contribution in [-0.4, -0.2) is 41.8 Å². The average Bonchev–Trinajstić information content (AvgIpc) is 3.28. The number of aliphatic hydroxyl groups is 1. The number of esters is 1. The first-order valence-corrected chi connectivity index (χ1v) is 8.08. The molecule has 0 saturated carbocycles. The molecule has 1 unspecified atom stereocenters. The molecule has 1 amide bonds. The number of nitrogens with zero attached hydrogens (tertiary/aromatic N) is 1. The van der Waals surface area contributed by atoms with Gasteiger partial charge in [-0.05, 0) is 42.0 Å². The van der Waals surface area contributed by atoms with Gasteiger partial charge in [-0.15, -0.1) is 0 Å². The van der Waals surface area contributed by atoms with Crippen molar-refractivity contribution in [1.29, 1.82) is 0 Å². The molecule has 2 aromatic rings. The standard InChI is InChI=1S/C20H17NO6/c1-21-17(12-5-7-13(8-6-12)20(25)26-2)16(18(23)19(21)24)15(22)10-9-14-4-3-11-27-14/h3-11,17,23H,1-2H3/b10-9+. The summed E-state index contributed by atoms with van der Waals surface area (Å²) in [6, 6.07) is 8.89. The van der Waals surface area contributed by atoms with Crippen molar-refractivity contribution in [2.75, 3.05) is 14.2 Å². The molecule has 1 aliphatic heterocycles. The molecule has 1 aliphatic rings. The zero-order chi connectivity index (χ0) is 19.6. The van der Waals surface area contributed by atoms with E-state index >= 15 is 0 Å². The number of aliphatic hydroxyl groups excluding tert-OH is 1. The number of amides is 1. The number of ether oxygens (including phenoxy) is 1. The SMILES string of the molecule is COC(=O)c1ccc(C2C(C(=O)/C=C/c3ccco3)=C(O)C(=O)N2C)cc1. The van der Waals surface area contributed by atoms with Crippen molar-refractivity contribution in [2.45, 2.75) is 6.04 Å². The molecular formula is C20H17NO6. The first-order chi connectivity index (χ1) is 12.9. The molecule has 0 radical (unpaired) electrons. The Hall–Kier alpha value is -3.61. The Bertz CT molecular complexity index is 937. The minimum Gasteiger partial charge on any atom is -0.503 e. The van der Waals surface area contributed by atoms with Crippen LogP contribution in [0.3, 0.4) is 0 Å². The number of ketones is 1. The van der Waals surface area contributed by atoms with Crippen LogP contribution in [0, 0.1) is 0 Å². The molecule has 1 atom stereocenters. The molecule has 0 aliphatic carbocycles. The van der Waals surface area contributed by atoms with Gasteiger partial charge in [-0.25, -0.2) is 4.79 Å². The van der Waals surface area contributed by atoms with E-state index in [-0.39, 0.29) is 5.57 Å². The Kier molecular flexibility index (Phi) is 4.94. The molecule has 7 heteroatoms. The van der Waals surface area contributed by atoms with Crippen LogP contribution in [0.1, 0.15) is 27.7 Å². The second-order valence-corrected chi connectivity index (χ2v) is 5.91. The maximum absolute atomic E-state index is 12.6. The number of rotatable bonds is 5. The van der Waals surface area contributed by atoms with Gasteiger partial charge in [0.05, 0.1) is 30.6 Å². The summed E-state index contributed by atoms with van der Waals surface area (Å²) in [4.78, 5) is 37.7. The molecule has 0 fully saturated rings. The van der Waals surface area contributed by atoms with E-state index in [1.807, 2.05) is 0 Å². The molecule has 27 heavy (non-hydrogen) atoms. The fraction of sp³-hybridized carbons (Fsp3) is 0.150. The normalized spacial score (nSPS) is 17.0. The highest BCUT2D eigenvalue weighted by atomic mass is 16.5. The van der Waals surface area contributed by atoms with Crippen molar-refractivity contribution >= 4 is 23.7 Å². The molecule has 7 nitrogen and oxygen atoms in total. The van der Waals surface area contributed by atoms with Gasteiger partial charge in [0.2, 0.25) is 0 Å². The molecule has 1 N–H and O–H groups in total. The number of benzene rings is 1. The zero-order valence-electron chi connectivity index (χ0n) is 14.7. The van der Waals surface area contributed by atoms with Crippen molar-refractivity contribution in [2.24, 2.45) is 0 Å². The van der Waals surface area contributed by atoms with E-state index in [9.17, 15) is 19.5 Å². The Morgan fingerprint density at radius 3 is 2.52 bits per heavy atom. The van der Waals surface area contributed by atoms with Crippen LogP contribution in [0.5, 0.6) is 0 Å². The van der Waals surface area contributed by atoms with Crippen LogP contribution in [0.25, 0.3) is 6.08 Å². The number of carbonyl (C=O) groups excluding carboxylic acids is 3. The summed E-state index contributed by atoms with van der Waals surface area (Å²) in [5.74, 6) is -1.77. The Morgan fingerprint density at radius 1 is 1.22 bits per heavy atom. The van der Waals surface area contributed by atoms with Gasteiger partial charge in [0.15, 0.2) is 11.5 Å². The molecule has 0 bridgehead atoms. The van der Waals surface area contributed by atoms with Gasteiger partial charge in [-0.3, -0.25) is 9.59 Å². The average molecular weight is 367 g/mol. The first kappa shape index (κ1) is 18.2. The highest BCUT2D eigenvalue weighted by Gasteiger charge is 2.40. The van der Waals surface area contributed by atoms with Gasteiger partial charge in [0.25, 0.3) is 5.91 Å². The molecule has 0 spiro atoms. The van der Waals surface area contributed by atoms with Crippen LogP contribution in [0.4, 0.5) is 0 Å². The van der Waals surface area contributed by atoms with Crippen molar-refractivity contribution in [3.8, 4) is 0 Å². The van der Waals surface area contributed by atoms with E-state index in [1.165, 1.54) is 49.6 Å². The maximum Gasteiger partial charge on any atom is 0.337 e. The molecule has 2 heterocycles. The highest BCUT2D eigenvalue weighted by molar-refractivity contribution is 6.14. The number of carbonyl (C=O) groups is 3. The van der Waals surface area contributed by atoms with Crippen molar-refractivity contribution in [3.05, 3.63) is 77.0 Å². The summed E-state index contributed by atoms with van der Waals surface area (Å²) in [5.41, 5.74) is 0.889. The van der Waals surface area contributed by atoms with E-state index in [2.05, 4.69) is 4.74 Å². The quantitative estimate of drug-likeness (QED) is 0.645. The third-order valence-electron chi connectivity index (χ3n) is 4.29. The summed E-state index contributed by atoms with van der Waals surface area (Å²) >= 11 is 0. The fourth-order valence-corrected chi connectivity index (χ4v) is 2.92. The van der Waals surface area contributed by atoms with Crippen LogP contribution >= 0.6 is 0 Å². The number of allylic oxidation sites excluding steroid dienone is 1. The predicted octanol–water partition coefficient (Wildman–Crippen LogP) is 2.67. The topological polar surface area (TPSA) is 97.0 Å². The van der Waals surface area contributed by atoms with Gasteiger partial charge in [-0.2, -0.15) is 0 Å². The molecule has 138 valence electrons. The number of hydrogen-bond acceptors (Lipinski definition) is 6. The monoisotopic (exact) mass is 367 g/mol. The summed E-state index contributed by atoms with van der Waals surface area (Å²) in [6.07, 6.45) is 4.18. The Balaban J connectivity index is 1.94. The lowest BCUT2D eigenvalue weighted by atomic mass is 9.95. The smallest absolute Gasteiger partial charge is 0.337 e. The second-order valence-electron chi connectivity index (χ2n) is 5.91. The zero-order valence-corrected chi connectivity index (χ0v) is 14.7. The number of likely N-dealkylation sites (N-methyl/N-ethyl adjacent to an activating group) is 1.